The molecule has 31 heavy (non-hydrogen) atoms. The number of aliphatic hydroxyl groups excluding tert-OH is 1. The lowest BCUT2D eigenvalue weighted by Crippen LogP contribution is -2.58. The van der Waals surface area contributed by atoms with Crippen molar-refractivity contribution in [2.75, 3.05) is 12.4 Å². The zero-order valence-corrected chi connectivity index (χ0v) is 18.3. The second-order valence-corrected chi connectivity index (χ2v) is 7.71. The fourth-order valence-corrected chi connectivity index (χ4v) is 2.81. The molecule has 0 radical (unpaired) electrons. The number of carboxylic acid groups (broad SMARTS) is 1. The number of carbonyl (C=O) groups excluding carboxylic acids is 3. The molecule has 1 aromatic rings. The zero-order valence-electron chi connectivity index (χ0n) is 17.4. The van der Waals surface area contributed by atoms with Gasteiger partial charge in [0.15, 0.2) is 0 Å². The predicted molar refractivity (Wildman–Crippen MR) is 117 cm³/mol. The molecule has 7 N–H and O–H groups in total. The zero-order chi connectivity index (χ0) is 23.6. The van der Waals surface area contributed by atoms with Crippen molar-refractivity contribution in [1.29, 1.82) is 0 Å². The summed E-state index contributed by atoms with van der Waals surface area (Å²) < 4.78 is 0. The first-order valence-electron chi connectivity index (χ1n) is 9.75. The Balaban J connectivity index is 2.98. The number of amides is 3. The predicted octanol–water partition coefficient (Wildman–Crippen LogP) is -1.33. The maximum absolute atomic E-state index is 12.7. The van der Waals surface area contributed by atoms with Crippen molar-refractivity contribution in [2.24, 2.45) is 11.7 Å². The minimum atomic E-state index is -1.52. The van der Waals surface area contributed by atoms with Crippen LogP contribution in [0.3, 0.4) is 0 Å². The van der Waals surface area contributed by atoms with E-state index in [0.717, 1.165) is 0 Å². The highest BCUT2D eigenvalue weighted by Crippen LogP contribution is 2.06. The molecule has 0 heterocycles. The van der Waals surface area contributed by atoms with E-state index in [1.807, 2.05) is 0 Å². The molecule has 0 bridgehead atoms. The van der Waals surface area contributed by atoms with Crippen LogP contribution >= 0.6 is 12.6 Å². The van der Waals surface area contributed by atoms with Crippen LogP contribution < -0.4 is 21.7 Å². The van der Waals surface area contributed by atoms with Crippen molar-refractivity contribution in [1.82, 2.24) is 16.0 Å². The minimum absolute atomic E-state index is 0.0452. The van der Waals surface area contributed by atoms with E-state index >= 15 is 0 Å². The molecular weight excluding hydrogens is 424 g/mol. The van der Waals surface area contributed by atoms with E-state index < -0.39 is 54.5 Å². The summed E-state index contributed by atoms with van der Waals surface area (Å²) in [7, 11) is 0. The van der Waals surface area contributed by atoms with Crippen LogP contribution in [0.4, 0.5) is 0 Å². The van der Waals surface area contributed by atoms with Gasteiger partial charge in [-0.15, -0.1) is 0 Å². The largest absolute Gasteiger partial charge is 0.480 e. The number of aliphatic carboxylic acids is 1. The highest BCUT2D eigenvalue weighted by molar-refractivity contribution is 7.80. The van der Waals surface area contributed by atoms with Crippen molar-refractivity contribution < 1.29 is 29.4 Å². The minimum Gasteiger partial charge on any atom is -0.480 e. The molecule has 0 saturated heterocycles. The molecule has 1 aromatic carbocycles. The molecule has 1 rings (SSSR count). The van der Waals surface area contributed by atoms with Gasteiger partial charge in [-0.05, 0) is 11.5 Å². The van der Waals surface area contributed by atoms with Gasteiger partial charge in [0, 0.05) is 12.2 Å². The van der Waals surface area contributed by atoms with Crippen molar-refractivity contribution >= 4 is 36.3 Å². The van der Waals surface area contributed by atoms with Gasteiger partial charge in [-0.2, -0.15) is 12.6 Å². The van der Waals surface area contributed by atoms with Crippen LogP contribution in [-0.4, -0.2) is 70.4 Å². The van der Waals surface area contributed by atoms with Crippen LogP contribution in [0.25, 0.3) is 0 Å². The fraction of sp³-hybridized carbons (Fsp3) is 0.500. The summed E-state index contributed by atoms with van der Waals surface area (Å²) in [5, 5.41) is 25.5. The summed E-state index contributed by atoms with van der Waals surface area (Å²) >= 11 is 4.09. The molecule has 0 aromatic heterocycles. The molecule has 0 saturated carbocycles. The number of benzene rings is 1. The standard InChI is InChI=1S/C20H30N4O6S/c1-11(2)16(21)19(28)24-15(10-31)18(27)22-13(8-12-6-4-3-5-7-12)17(26)23-14(9-25)20(29)30/h3-7,11,13-16,25,31H,8-10,21H2,1-2H3,(H,22,27)(H,23,26)(H,24,28)(H,29,30). The second-order valence-electron chi connectivity index (χ2n) is 7.35. The summed E-state index contributed by atoms with van der Waals surface area (Å²) in [4.78, 5) is 48.7. The highest BCUT2D eigenvalue weighted by Gasteiger charge is 2.30. The lowest BCUT2D eigenvalue weighted by molar-refractivity contribution is -0.143. The normalized spacial score (nSPS) is 14.8. The van der Waals surface area contributed by atoms with E-state index in [9.17, 15) is 19.2 Å². The van der Waals surface area contributed by atoms with E-state index in [2.05, 4.69) is 28.6 Å². The monoisotopic (exact) mass is 454 g/mol. The van der Waals surface area contributed by atoms with Crippen molar-refractivity contribution in [3.05, 3.63) is 35.9 Å². The van der Waals surface area contributed by atoms with Gasteiger partial charge in [0.25, 0.3) is 0 Å². The summed E-state index contributed by atoms with van der Waals surface area (Å²) in [5.74, 6) is -3.60. The molecule has 0 aliphatic carbocycles. The number of carboxylic acids is 1. The summed E-state index contributed by atoms with van der Waals surface area (Å²) in [6, 6.07) is 4.23. The molecule has 0 aliphatic rings. The molecule has 0 fully saturated rings. The number of aliphatic hydroxyl groups is 1. The third-order valence-electron chi connectivity index (χ3n) is 4.55. The first-order chi connectivity index (χ1) is 14.6. The molecule has 10 nitrogen and oxygen atoms in total. The van der Waals surface area contributed by atoms with Crippen LogP contribution in [0.5, 0.6) is 0 Å². The van der Waals surface area contributed by atoms with Gasteiger partial charge in [-0.3, -0.25) is 14.4 Å². The van der Waals surface area contributed by atoms with Crippen LogP contribution in [0.15, 0.2) is 30.3 Å². The summed E-state index contributed by atoms with van der Waals surface area (Å²) in [6.07, 6.45) is 0.0644. The molecule has 172 valence electrons. The number of carbonyl (C=O) groups is 4. The van der Waals surface area contributed by atoms with E-state index in [-0.39, 0.29) is 18.1 Å². The first-order valence-corrected chi connectivity index (χ1v) is 10.4. The van der Waals surface area contributed by atoms with Crippen molar-refractivity contribution in [2.45, 2.75) is 44.4 Å². The maximum Gasteiger partial charge on any atom is 0.328 e. The van der Waals surface area contributed by atoms with Gasteiger partial charge < -0.3 is 31.9 Å². The van der Waals surface area contributed by atoms with Gasteiger partial charge in [0.2, 0.25) is 17.7 Å². The Kier molecular flexibility index (Phi) is 11.0. The average Bonchev–Trinajstić information content (AvgIpc) is 2.74. The van der Waals surface area contributed by atoms with Crippen LogP contribution in [0.2, 0.25) is 0 Å². The van der Waals surface area contributed by atoms with Crippen LogP contribution in [-0.2, 0) is 25.6 Å². The Bertz CT molecular complexity index is 761. The van der Waals surface area contributed by atoms with Crippen molar-refractivity contribution in [3.8, 4) is 0 Å². The lowest BCUT2D eigenvalue weighted by atomic mass is 10.0. The number of nitrogens with one attached hydrogen (secondary N) is 3. The Hall–Kier alpha value is -2.63. The molecule has 0 aliphatic heterocycles. The van der Waals surface area contributed by atoms with Gasteiger partial charge in [-0.25, -0.2) is 4.79 Å². The topological polar surface area (TPSA) is 171 Å². The molecule has 4 unspecified atom stereocenters. The summed E-state index contributed by atoms with van der Waals surface area (Å²) in [6.45, 7) is 2.72. The van der Waals surface area contributed by atoms with Gasteiger partial charge in [0.1, 0.15) is 18.1 Å². The quantitative estimate of drug-likeness (QED) is 0.192. The molecule has 0 spiro atoms. The Morgan fingerprint density at radius 2 is 1.45 bits per heavy atom. The van der Waals surface area contributed by atoms with Gasteiger partial charge >= 0.3 is 5.97 Å². The average molecular weight is 455 g/mol. The van der Waals surface area contributed by atoms with E-state index in [0.29, 0.717) is 5.56 Å². The Morgan fingerprint density at radius 1 is 0.935 bits per heavy atom. The summed E-state index contributed by atoms with van der Waals surface area (Å²) in [5.41, 5.74) is 6.52. The number of hydrogen-bond donors (Lipinski definition) is 7. The van der Waals surface area contributed by atoms with E-state index in [1.165, 1.54) is 0 Å². The maximum atomic E-state index is 12.7. The molecular formula is C20H30N4O6S. The van der Waals surface area contributed by atoms with Crippen LogP contribution in [0, 0.1) is 5.92 Å². The van der Waals surface area contributed by atoms with Crippen molar-refractivity contribution in [3.63, 3.8) is 0 Å². The Morgan fingerprint density at radius 3 is 1.94 bits per heavy atom. The third kappa shape index (κ3) is 8.56. The van der Waals surface area contributed by atoms with E-state index in [4.69, 9.17) is 15.9 Å². The van der Waals surface area contributed by atoms with Gasteiger partial charge in [-0.1, -0.05) is 44.2 Å². The number of hydrogen-bond acceptors (Lipinski definition) is 7. The number of thiol groups is 1. The lowest BCUT2D eigenvalue weighted by Gasteiger charge is -2.25. The van der Waals surface area contributed by atoms with Crippen LogP contribution in [0.1, 0.15) is 19.4 Å². The third-order valence-corrected chi connectivity index (χ3v) is 4.91. The number of rotatable bonds is 12. The Labute approximate surface area is 186 Å². The molecule has 11 heteroatoms. The molecule has 4 atom stereocenters. The SMILES string of the molecule is CC(C)C(N)C(=O)NC(CS)C(=O)NC(Cc1ccccc1)C(=O)NC(CO)C(=O)O. The van der Waals surface area contributed by atoms with E-state index in [1.54, 1.807) is 44.2 Å². The first kappa shape index (κ1) is 26.4. The second kappa shape index (κ2) is 12.9. The molecule has 3 amide bonds. The van der Waals surface area contributed by atoms with Gasteiger partial charge in [0.05, 0.1) is 12.6 Å². The number of nitrogens with two attached hydrogens (primary N) is 1. The highest BCUT2D eigenvalue weighted by atomic mass is 32.1. The smallest absolute Gasteiger partial charge is 0.328 e. The fourth-order valence-electron chi connectivity index (χ4n) is 2.55.